The molecule has 386 valence electrons. The summed E-state index contributed by atoms with van der Waals surface area (Å²) in [6.45, 7) is 26.9. The summed E-state index contributed by atoms with van der Waals surface area (Å²) in [4.78, 5) is 3.51. The maximum absolute atomic E-state index is 4.57. The molecule has 5 aromatic heterocycles. The third-order valence-corrected chi connectivity index (χ3v) is 13.7. The molecule has 13 rings (SSSR count). The molecule has 0 bridgehead atoms. The van der Waals surface area contributed by atoms with E-state index in [0.717, 1.165) is 121 Å². The summed E-state index contributed by atoms with van der Waals surface area (Å²) in [6.07, 6.45) is 5.56. The van der Waals surface area contributed by atoms with Crippen LogP contribution in [-0.2, 0) is 65.7 Å². The van der Waals surface area contributed by atoms with Crippen LogP contribution in [0.15, 0.2) is 110 Å². The van der Waals surface area contributed by atoms with Gasteiger partial charge in [0.15, 0.2) is 11.4 Å². The zero-order valence-electron chi connectivity index (χ0n) is 46.2. The third-order valence-electron chi connectivity index (χ3n) is 13.7. The fourth-order valence-corrected chi connectivity index (χ4v) is 9.97. The van der Waals surface area contributed by atoms with Crippen LogP contribution < -0.4 is 23.1 Å². The Kier molecular flexibility index (Phi) is 15.0. The fourth-order valence-electron chi connectivity index (χ4n) is 9.97. The first-order valence-electron chi connectivity index (χ1n) is 26.0. The van der Waals surface area contributed by atoms with Gasteiger partial charge in [0.2, 0.25) is 0 Å². The molecule has 0 spiro atoms. The molecule has 5 aliphatic heterocycles. The lowest BCUT2D eigenvalue weighted by Gasteiger charge is -2.00. The van der Waals surface area contributed by atoms with Crippen molar-refractivity contribution in [2.24, 2.45) is 39.6 Å². The van der Waals surface area contributed by atoms with E-state index in [1.165, 1.54) is 45.8 Å². The largest absolute Gasteiger partial charge is 0.332 e. The van der Waals surface area contributed by atoms with Crippen molar-refractivity contribution < 1.29 is 23.1 Å². The van der Waals surface area contributed by atoms with Crippen molar-refractivity contribution in [1.29, 1.82) is 0 Å². The minimum absolute atomic E-state index is 0.884. The molecule has 0 aliphatic carbocycles. The van der Waals surface area contributed by atoms with Gasteiger partial charge in [-0.05, 0) is 91.8 Å². The number of hydrogen-bond acceptors (Lipinski definition) is 9. The summed E-state index contributed by atoms with van der Waals surface area (Å²) in [7, 11) is 4.01. The number of fused-ring (bicyclic) bond motifs is 5. The van der Waals surface area contributed by atoms with E-state index in [0.29, 0.717) is 0 Å². The molecular formula is C56H72N19+5. The Morgan fingerprint density at radius 1 is 0.533 bits per heavy atom. The van der Waals surface area contributed by atoms with Crippen LogP contribution in [0.4, 0.5) is 0 Å². The fraction of sp³-hybridized carbons (Fsp3) is 0.393. The van der Waals surface area contributed by atoms with E-state index >= 15 is 0 Å². The van der Waals surface area contributed by atoms with Gasteiger partial charge in [0.05, 0.1) is 103 Å². The Labute approximate surface area is 439 Å². The number of rotatable bonds is 6. The van der Waals surface area contributed by atoms with E-state index in [1.54, 1.807) is 9.58 Å². The second-order valence-corrected chi connectivity index (χ2v) is 19.6. The van der Waals surface area contributed by atoms with Crippen LogP contribution in [-0.4, -0.2) is 72.6 Å². The second-order valence-electron chi connectivity index (χ2n) is 19.6. The summed E-state index contributed by atoms with van der Waals surface area (Å²) in [6, 6.07) is 29.0. The molecule has 0 N–H and O–H groups in total. The van der Waals surface area contributed by atoms with Gasteiger partial charge in [0.25, 0.3) is 40.8 Å². The molecule has 0 radical (unpaired) electrons. The van der Waals surface area contributed by atoms with Crippen molar-refractivity contribution in [3.63, 3.8) is 0 Å². The van der Waals surface area contributed by atoms with Crippen molar-refractivity contribution in [2.45, 2.75) is 135 Å². The van der Waals surface area contributed by atoms with Gasteiger partial charge in [0.1, 0.15) is 12.2 Å². The molecule has 19 heteroatoms. The van der Waals surface area contributed by atoms with Gasteiger partial charge in [-0.3, -0.25) is 0 Å². The van der Waals surface area contributed by atoms with Crippen molar-refractivity contribution in [1.82, 2.24) is 44.0 Å². The molecule has 3 aromatic carbocycles. The lowest BCUT2D eigenvalue weighted by Crippen LogP contribution is -2.39. The molecule has 0 unspecified atom stereocenters. The highest BCUT2D eigenvalue weighted by molar-refractivity contribution is 5.86. The Bertz CT molecular complexity index is 3590. The summed E-state index contributed by atoms with van der Waals surface area (Å²) in [5.74, 6) is 9.94. The molecule has 0 fully saturated rings. The van der Waals surface area contributed by atoms with Crippen molar-refractivity contribution in [2.75, 3.05) is 0 Å². The average molecular weight is 1010 g/mol. The van der Waals surface area contributed by atoms with Gasteiger partial charge in [0, 0.05) is 47.0 Å². The lowest BCUT2D eigenvalue weighted by atomic mass is 10.1. The van der Waals surface area contributed by atoms with Gasteiger partial charge in [-0.1, -0.05) is 76.3 Å². The van der Waals surface area contributed by atoms with Crippen LogP contribution in [0, 0.1) is 27.7 Å². The molecule has 8 aromatic rings. The third kappa shape index (κ3) is 10.5. The molecular weight excluding hydrogens is 939 g/mol. The second kappa shape index (κ2) is 21.7. The van der Waals surface area contributed by atoms with E-state index in [9.17, 15) is 0 Å². The van der Waals surface area contributed by atoms with Crippen LogP contribution in [0.25, 0.3) is 28.5 Å². The van der Waals surface area contributed by atoms with Crippen molar-refractivity contribution >= 4 is 28.6 Å². The first kappa shape index (κ1) is 51.7. The minimum Gasteiger partial charge on any atom is -0.230 e. The number of nitrogens with zero attached hydrogens (tertiary/aromatic N) is 19. The first-order valence-corrected chi connectivity index (χ1v) is 26.0. The maximum atomic E-state index is 4.57. The monoisotopic (exact) mass is 1010 g/mol. The zero-order chi connectivity index (χ0) is 53.2. The smallest absolute Gasteiger partial charge is 0.230 e. The molecule has 10 heterocycles. The molecule has 0 atom stereocenters. The van der Waals surface area contributed by atoms with E-state index in [4.69, 9.17) is 0 Å². The van der Waals surface area contributed by atoms with Crippen LogP contribution in [0.1, 0.15) is 113 Å². The molecule has 75 heavy (non-hydrogen) atoms. The van der Waals surface area contributed by atoms with Gasteiger partial charge >= 0.3 is 11.6 Å². The average Bonchev–Trinajstić information content (AvgIpc) is 4.31. The van der Waals surface area contributed by atoms with Gasteiger partial charge < -0.3 is 0 Å². The predicted molar refractivity (Wildman–Crippen MR) is 289 cm³/mol. The number of aryl methyl sites for hydroxylation is 5. The number of imidazole rings is 1. The van der Waals surface area contributed by atoms with E-state index < -0.39 is 0 Å². The number of aromatic nitrogens is 14. The Balaban J connectivity index is 0.000000116. The highest BCUT2D eigenvalue weighted by atomic mass is 15.6. The highest BCUT2D eigenvalue weighted by Crippen LogP contribution is 2.20. The summed E-state index contributed by atoms with van der Waals surface area (Å²) in [5, 5.41) is 40.0. The molecule has 0 amide bonds. The summed E-state index contributed by atoms with van der Waals surface area (Å²) in [5.41, 5.74) is 12.9. The van der Waals surface area contributed by atoms with Crippen LogP contribution in [0.5, 0.6) is 0 Å². The van der Waals surface area contributed by atoms with Gasteiger partial charge in [-0.2, -0.15) is 4.57 Å². The molecule has 5 aliphatic rings. The van der Waals surface area contributed by atoms with Crippen molar-refractivity contribution in [3.8, 4) is 28.5 Å². The van der Waals surface area contributed by atoms with E-state index in [-0.39, 0.29) is 0 Å². The van der Waals surface area contributed by atoms with E-state index in [1.807, 2.05) is 91.7 Å². The number of hydrogen-bond donors (Lipinski definition) is 0. The first-order chi connectivity index (χ1) is 36.1. The quantitative estimate of drug-likeness (QED) is 0.199. The SMILES string of the molecule is CC1=N[n+]2c(-c3cccc(C)c3)nn(C)c2C1.CC1=Nn2c(C)c(C)[n+](-c3ccccc3)c2C1.CC1=Nn2nc(-c3ccccc3)[n+](C)c2C1.CCc1nn2c([n+]1CC)CC(C)=N2.CCn1nc(C)[n+]2c1CC(C)=N2. The molecule has 0 saturated carbocycles. The molecule has 0 saturated heterocycles. The molecule has 19 nitrogen and oxygen atoms in total. The van der Waals surface area contributed by atoms with Gasteiger partial charge in [-0.25, -0.2) is 9.13 Å². The Morgan fingerprint density at radius 2 is 1.12 bits per heavy atom. The highest BCUT2D eigenvalue weighted by Gasteiger charge is 2.34. The van der Waals surface area contributed by atoms with Crippen LogP contribution in [0.3, 0.4) is 0 Å². The van der Waals surface area contributed by atoms with Gasteiger partial charge in [-0.15, -0.1) is 33.6 Å². The Hall–Kier alpha value is -8.22. The van der Waals surface area contributed by atoms with Crippen molar-refractivity contribution in [3.05, 3.63) is 143 Å². The number of para-hydroxylation sites is 1. The summed E-state index contributed by atoms with van der Waals surface area (Å²) < 4.78 is 16.5. The van der Waals surface area contributed by atoms with E-state index in [2.05, 4.69) is 173 Å². The zero-order valence-corrected chi connectivity index (χ0v) is 46.2. The number of benzene rings is 3. The Morgan fingerprint density at radius 3 is 1.76 bits per heavy atom. The van der Waals surface area contributed by atoms with Crippen LogP contribution in [0.2, 0.25) is 0 Å². The topological polar surface area (TPSA) is 157 Å². The predicted octanol–water partition coefficient (Wildman–Crippen LogP) is 5.59. The summed E-state index contributed by atoms with van der Waals surface area (Å²) >= 11 is 0. The standard InChI is InChI=1S/C14H16N3.C13H15N4.C12H13N4.C9H15N4.C8H13N4/c1-10-9-14-16(13-7-5-4-6-8-13)11(2)12(3)17(14)15-10;1-9-5-4-6-11(7-9)13-15-16(3)12-8-10(2)14-17(12)13;1-9-8-11-15(2)12(14-16(11)13-9)10-6-4-3-5-7-10;1-4-8-11-13-9(12(8)5-2)6-7(3)10-13;1-4-11-8-5-6(2)9-12(8)7(3)10-11/h4-8H,9H2,1-3H3;4-7H,8H2,1-3H3;3-7H,8H2,1-2H3;4-6H2,1-3H3;4-5H2,1-3H3/q5*+1. The van der Waals surface area contributed by atoms with Crippen LogP contribution >= 0.6 is 0 Å². The lowest BCUT2D eigenvalue weighted by molar-refractivity contribution is -0.707. The maximum Gasteiger partial charge on any atom is 0.332 e. The minimum atomic E-state index is 0.884. The normalized spacial score (nSPS) is 14.0.